The fraction of sp³-hybridized carbons (Fsp3) is 0.409. The van der Waals surface area contributed by atoms with E-state index in [9.17, 15) is 9.90 Å². The molecule has 2 aromatic rings. The molecule has 142 valence electrons. The first-order valence-corrected chi connectivity index (χ1v) is 10.6. The molecule has 5 heteroatoms. The van der Waals surface area contributed by atoms with Crippen LogP contribution in [0.4, 0.5) is 0 Å². The second kappa shape index (κ2) is 6.54. The molecule has 2 fully saturated rings. The zero-order valence-electron chi connectivity index (χ0n) is 15.4. The highest BCUT2D eigenvalue weighted by Crippen LogP contribution is 2.69. The summed E-state index contributed by atoms with van der Waals surface area (Å²) < 4.78 is 0.915. The number of rotatable bonds is 2. The Labute approximate surface area is 170 Å². The number of piperidine rings is 1. The topological polar surface area (TPSA) is 37.3 Å². The second-order valence-electron chi connectivity index (χ2n) is 7.81. The Morgan fingerprint density at radius 3 is 2.63 bits per heavy atom. The largest absolute Gasteiger partial charge is 0.481 e. The molecular formula is C22H25ClNO2S+. The summed E-state index contributed by atoms with van der Waals surface area (Å²) in [6.07, 6.45) is 1.81. The van der Waals surface area contributed by atoms with Gasteiger partial charge in [0.2, 0.25) is 5.54 Å². The Morgan fingerprint density at radius 2 is 1.89 bits per heavy atom. The van der Waals surface area contributed by atoms with Crippen LogP contribution in [0.1, 0.15) is 36.5 Å². The van der Waals surface area contributed by atoms with Crippen molar-refractivity contribution in [2.75, 3.05) is 13.1 Å². The Kier molecular flexibility index (Phi) is 4.57. The molecule has 1 N–H and O–H groups in total. The maximum absolute atomic E-state index is 12.2. The predicted octanol–water partition coefficient (Wildman–Crippen LogP) is 4.67. The minimum Gasteiger partial charge on any atom is -0.481 e. The number of nitrogens with zero attached hydrogens (tertiary/aromatic N) is 1. The van der Waals surface area contributed by atoms with Gasteiger partial charge in [-0.05, 0) is 31.4 Å². The van der Waals surface area contributed by atoms with Crippen LogP contribution in [0.25, 0.3) is 0 Å². The predicted molar refractivity (Wildman–Crippen MR) is 110 cm³/mol. The molecule has 3 nitrogen and oxygen atoms in total. The van der Waals surface area contributed by atoms with Crippen molar-refractivity contribution < 1.29 is 14.4 Å². The Morgan fingerprint density at radius 1 is 1.19 bits per heavy atom. The minimum absolute atomic E-state index is 0. The SMILES string of the molecule is CC[N+]12CCCC(C(=O)O)C1[C@]21c2ccccc2CSc2ccccc21.Cl. The van der Waals surface area contributed by atoms with Crippen LogP contribution in [0, 0.1) is 5.92 Å². The van der Waals surface area contributed by atoms with Gasteiger partial charge in [0.15, 0.2) is 6.04 Å². The number of thioether (sulfide) groups is 1. The highest BCUT2D eigenvalue weighted by atomic mass is 35.5. The van der Waals surface area contributed by atoms with Gasteiger partial charge in [-0.1, -0.05) is 42.5 Å². The van der Waals surface area contributed by atoms with Gasteiger partial charge >= 0.3 is 5.97 Å². The molecule has 3 heterocycles. The summed E-state index contributed by atoms with van der Waals surface area (Å²) in [5, 5.41) is 10.0. The molecule has 4 atom stereocenters. The van der Waals surface area contributed by atoms with Crippen molar-refractivity contribution in [3.05, 3.63) is 65.2 Å². The lowest BCUT2D eigenvalue weighted by atomic mass is 9.80. The van der Waals surface area contributed by atoms with E-state index in [1.165, 1.54) is 21.6 Å². The van der Waals surface area contributed by atoms with Gasteiger partial charge in [-0.15, -0.1) is 24.2 Å². The lowest BCUT2D eigenvalue weighted by Gasteiger charge is -2.29. The smallest absolute Gasteiger partial charge is 0.312 e. The fourth-order valence-corrected chi connectivity index (χ4v) is 7.26. The van der Waals surface area contributed by atoms with Crippen LogP contribution in [0.2, 0.25) is 0 Å². The van der Waals surface area contributed by atoms with E-state index >= 15 is 0 Å². The summed E-state index contributed by atoms with van der Waals surface area (Å²) in [4.78, 5) is 13.5. The van der Waals surface area contributed by atoms with Gasteiger partial charge in [-0.2, -0.15) is 0 Å². The molecule has 0 aliphatic carbocycles. The van der Waals surface area contributed by atoms with E-state index in [-0.39, 0.29) is 29.9 Å². The van der Waals surface area contributed by atoms with Gasteiger partial charge in [-0.25, -0.2) is 0 Å². The maximum atomic E-state index is 12.2. The summed E-state index contributed by atoms with van der Waals surface area (Å²) in [6.45, 7) is 4.31. The second-order valence-corrected chi connectivity index (χ2v) is 8.83. The molecule has 0 radical (unpaired) electrons. The average Bonchev–Trinajstić information content (AvgIpc) is 3.34. The molecule has 3 unspecified atom stereocenters. The van der Waals surface area contributed by atoms with Gasteiger partial charge in [0.1, 0.15) is 5.92 Å². The standard InChI is InChI=1S/C22H23NO2S.ClH/c1-2-23-13-7-9-16(21(24)25)20(23)22(23)17-10-4-3-8-15(17)14-26-19-12-6-5-11-18(19)22;/h3-6,8,10-12,16,20H,2,7,9,13-14H2,1H3;1H/p+1/t16?,20?,22-,23?;/m1./s1. The fourth-order valence-electron chi connectivity index (χ4n) is 6.14. The highest BCUT2D eigenvalue weighted by Gasteiger charge is 2.84. The van der Waals surface area contributed by atoms with Crippen molar-refractivity contribution in [3.8, 4) is 0 Å². The van der Waals surface area contributed by atoms with Crippen LogP contribution in [0.5, 0.6) is 0 Å². The summed E-state index contributed by atoms with van der Waals surface area (Å²) in [5.74, 6) is 0.0885. The van der Waals surface area contributed by atoms with E-state index in [1.807, 2.05) is 11.8 Å². The molecular weight excluding hydrogens is 378 g/mol. The maximum Gasteiger partial charge on any atom is 0.312 e. The van der Waals surface area contributed by atoms with E-state index in [2.05, 4.69) is 55.5 Å². The van der Waals surface area contributed by atoms with Crippen LogP contribution in [0.3, 0.4) is 0 Å². The molecule has 1 spiro atoms. The number of halogens is 1. The first kappa shape index (κ1) is 18.9. The number of aliphatic carboxylic acids is 1. The van der Waals surface area contributed by atoms with Gasteiger partial charge in [-0.3, -0.25) is 9.28 Å². The molecule has 2 aromatic carbocycles. The quantitative estimate of drug-likeness (QED) is 0.585. The third-order valence-corrected chi connectivity index (χ3v) is 8.16. The minimum atomic E-state index is -0.616. The zero-order valence-corrected chi connectivity index (χ0v) is 17.1. The average molecular weight is 403 g/mol. The number of likely N-dealkylation sites (N-methyl/N-ethyl adjacent to an activating group) is 1. The number of hydrogen-bond acceptors (Lipinski definition) is 2. The Balaban J connectivity index is 0.00000180. The molecule has 0 aromatic heterocycles. The molecule has 27 heavy (non-hydrogen) atoms. The first-order valence-electron chi connectivity index (χ1n) is 9.57. The van der Waals surface area contributed by atoms with Crippen LogP contribution in [-0.4, -0.2) is 34.7 Å². The monoisotopic (exact) mass is 402 g/mol. The van der Waals surface area contributed by atoms with Gasteiger partial charge in [0.05, 0.1) is 13.1 Å². The van der Waals surface area contributed by atoms with Crippen molar-refractivity contribution in [2.45, 2.75) is 42.0 Å². The van der Waals surface area contributed by atoms with Crippen molar-refractivity contribution in [3.63, 3.8) is 0 Å². The van der Waals surface area contributed by atoms with Crippen molar-refractivity contribution in [2.24, 2.45) is 5.92 Å². The number of hydrogen-bond donors (Lipinski definition) is 1. The number of benzene rings is 2. The molecule has 3 aliphatic rings. The van der Waals surface area contributed by atoms with Crippen LogP contribution < -0.4 is 0 Å². The molecule has 0 saturated carbocycles. The molecule has 0 amide bonds. The number of carboxylic acids is 1. The first-order chi connectivity index (χ1) is 12.7. The molecule has 2 saturated heterocycles. The van der Waals surface area contributed by atoms with Gasteiger partial charge < -0.3 is 5.11 Å². The summed E-state index contributed by atoms with van der Waals surface area (Å²) >= 11 is 1.90. The van der Waals surface area contributed by atoms with E-state index in [0.29, 0.717) is 0 Å². The molecule has 3 aliphatic heterocycles. The normalized spacial score (nSPS) is 33.1. The van der Waals surface area contributed by atoms with Crippen LogP contribution in [0.15, 0.2) is 53.4 Å². The molecule has 5 rings (SSSR count). The van der Waals surface area contributed by atoms with Crippen LogP contribution in [-0.2, 0) is 16.1 Å². The van der Waals surface area contributed by atoms with Gasteiger partial charge in [0, 0.05) is 21.8 Å². The number of fused-ring (bicyclic) bond motifs is 7. The lowest BCUT2D eigenvalue weighted by Crippen LogP contribution is -2.41. The van der Waals surface area contributed by atoms with E-state index in [1.54, 1.807) is 0 Å². The highest BCUT2D eigenvalue weighted by molar-refractivity contribution is 7.98. The zero-order chi connectivity index (χ0) is 17.9. The number of carbonyl (C=O) groups is 1. The summed E-state index contributed by atoms with van der Waals surface area (Å²) in [6, 6.07) is 17.6. The van der Waals surface area contributed by atoms with Crippen molar-refractivity contribution >= 4 is 30.1 Å². The Bertz CT molecular complexity index is 854. The van der Waals surface area contributed by atoms with E-state index in [4.69, 9.17) is 0 Å². The Hall–Kier alpha value is -1.49. The van der Waals surface area contributed by atoms with Crippen molar-refractivity contribution in [1.29, 1.82) is 0 Å². The summed E-state index contributed by atoms with van der Waals surface area (Å²) in [7, 11) is 0. The van der Waals surface area contributed by atoms with Crippen LogP contribution >= 0.6 is 24.2 Å². The third-order valence-electron chi connectivity index (χ3n) is 7.04. The number of quaternary nitrogens is 1. The summed E-state index contributed by atoms with van der Waals surface area (Å²) in [5.41, 5.74) is 3.91. The van der Waals surface area contributed by atoms with Crippen molar-refractivity contribution in [1.82, 2.24) is 0 Å². The molecule has 0 bridgehead atoms. The van der Waals surface area contributed by atoms with E-state index < -0.39 is 5.97 Å². The lowest BCUT2D eigenvalue weighted by molar-refractivity contribution is -0.846. The van der Waals surface area contributed by atoms with E-state index in [0.717, 1.165) is 36.2 Å². The number of carboxylic acid groups (broad SMARTS) is 1. The third kappa shape index (κ3) is 2.24. The van der Waals surface area contributed by atoms with Gasteiger partial charge in [0.25, 0.3) is 0 Å².